The molecule has 1 saturated carbocycles. The van der Waals surface area contributed by atoms with Crippen molar-refractivity contribution >= 4 is 22.5 Å². The highest BCUT2D eigenvalue weighted by molar-refractivity contribution is 6.30. The first-order valence-electron chi connectivity index (χ1n) is 8.76. The molecular formula is C19H21ClN4O. The van der Waals surface area contributed by atoms with E-state index in [4.69, 9.17) is 16.1 Å². The third-order valence-electron chi connectivity index (χ3n) is 5.03. The fourth-order valence-corrected chi connectivity index (χ4v) is 3.87. The van der Waals surface area contributed by atoms with Crippen LogP contribution in [0.15, 0.2) is 34.9 Å². The van der Waals surface area contributed by atoms with Crippen LogP contribution in [-0.4, -0.2) is 15.1 Å². The van der Waals surface area contributed by atoms with Gasteiger partial charge in [0.25, 0.3) is 0 Å². The molecule has 1 aromatic carbocycles. The van der Waals surface area contributed by atoms with E-state index in [2.05, 4.69) is 32.6 Å². The van der Waals surface area contributed by atoms with Crippen LogP contribution in [0.2, 0.25) is 5.15 Å². The van der Waals surface area contributed by atoms with E-state index >= 15 is 0 Å². The second-order valence-corrected chi connectivity index (χ2v) is 7.12. The van der Waals surface area contributed by atoms with Crippen molar-refractivity contribution in [2.24, 2.45) is 0 Å². The zero-order chi connectivity index (χ0) is 17.3. The monoisotopic (exact) mass is 356 g/mol. The lowest BCUT2D eigenvalue weighted by atomic mass is 9.81. The second-order valence-electron chi connectivity index (χ2n) is 6.76. The Bertz CT molecular complexity index is 886. The second kappa shape index (κ2) is 6.73. The van der Waals surface area contributed by atoms with Crippen molar-refractivity contribution in [3.8, 4) is 0 Å². The molecule has 2 aromatic heterocycles. The van der Waals surface area contributed by atoms with E-state index in [-0.39, 0.29) is 5.54 Å². The molecule has 1 N–H and O–H groups in total. The summed E-state index contributed by atoms with van der Waals surface area (Å²) in [6.07, 6.45) is 5.57. The Hall–Kier alpha value is -1.98. The van der Waals surface area contributed by atoms with Crippen LogP contribution in [0.1, 0.15) is 49.4 Å². The maximum atomic E-state index is 6.42. The van der Waals surface area contributed by atoms with Crippen molar-refractivity contribution in [1.82, 2.24) is 20.4 Å². The van der Waals surface area contributed by atoms with E-state index in [9.17, 15) is 0 Å². The lowest BCUT2D eigenvalue weighted by Gasteiger charge is -2.35. The molecule has 130 valence electrons. The number of halogens is 1. The summed E-state index contributed by atoms with van der Waals surface area (Å²) in [6.45, 7) is 2.46. The maximum absolute atomic E-state index is 6.42. The van der Waals surface area contributed by atoms with Gasteiger partial charge in [-0.25, -0.2) is 4.98 Å². The minimum atomic E-state index is -0.245. The summed E-state index contributed by atoms with van der Waals surface area (Å²) in [6, 6.07) is 10.1. The predicted molar refractivity (Wildman–Crippen MR) is 97.4 cm³/mol. The third-order valence-corrected chi connectivity index (χ3v) is 5.36. The Kier molecular flexibility index (Phi) is 4.44. The lowest BCUT2D eigenvalue weighted by Crippen LogP contribution is -2.44. The Morgan fingerprint density at radius 1 is 1.16 bits per heavy atom. The highest BCUT2D eigenvalue weighted by Gasteiger charge is 2.37. The minimum absolute atomic E-state index is 0.245. The van der Waals surface area contributed by atoms with Crippen molar-refractivity contribution in [3.05, 3.63) is 52.8 Å². The number of pyridine rings is 1. The quantitative estimate of drug-likeness (QED) is 0.696. The summed E-state index contributed by atoms with van der Waals surface area (Å²) in [5.74, 6) is 1.36. The van der Waals surface area contributed by atoms with Crippen molar-refractivity contribution in [2.75, 3.05) is 0 Å². The van der Waals surface area contributed by atoms with Crippen molar-refractivity contribution in [1.29, 1.82) is 0 Å². The standard InChI is InChI=1S/C19H21ClN4O/c1-13-22-18(24-25-13)19(9-5-2-6-10-19)21-12-15-11-14-7-3-4-8-16(14)23-17(15)20/h3-4,7-8,11,21H,2,5-6,9-10,12H2,1H3. The average molecular weight is 357 g/mol. The van der Waals surface area contributed by atoms with E-state index in [1.807, 2.05) is 25.1 Å². The van der Waals surface area contributed by atoms with Crippen molar-refractivity contribution in [2.45, 2.75) is 51.1 Å². The average Bonchev–Trinajstić information content (AvgIpc) is 3.08. The van der Waals surface area contributed by atoms with Crippen LogP contribution in [0, 0.1) is 6.92 Å². The summed E-state index contributed by atoms with van der Waals surface area (Å²) in [5.41, 5.74) is 1.66. The molecule has 3 aromatic rings. The van der Waals surface area contributed by atoms with Gasteiger partial charge in [0, 0.05) is 24.4 Å². The fraction of sp³-hybridized carbons (Fsp3) is 0.421. The molecule has 4 rings (SSSR count). The summed E-state index contributed by atoms with van der Waals surface area (Å²) >= 11 is 6.42. The first-order chi connectivity index (χ1) is 12.2. The number of nitrogens with zero attached hydrogens (tertiary/aromatic N) is 3. The number of para-hydroxylation sites is 1. The molecule has 6 heteroatoms. The van der Waals surface area contributed by atoms with Crippen LogP contribution in [0.4, 0.5) is 0 Å². The lowest BCUT2D eigenvalue weighted by molar-refractivity contribution is 0.211. The van der Waals surface area contributed by atoms with Crippen LogP contribution in [0.25, 0.3) is 10.9 Å². The van der Waals surface area contributed by atoms with Gasteiger partial charge in [-0.2, -0.15) is 4.98 Å². The van der Waals surface area contributed by atoms with E-state index in [0.717, 1.165) is 48.0 Å². The van der Waals surface area contributed by atoms with E-state index < -0.39 is 0 Å². The van der Waals surface area contributed by atoms with Gasteiger partial charge in [0.2, 0.25) is 5.89 Å². The molecule has 0 bridgehead atoms. The SMILES string of the molecule is Cc1nc(C2(NCc3cc4ccccc4nc3Cl)CCCCC2)no1. The van der Waals surface area contributed by atoms with Gasteiger partial charge < -0.3 is 9.84 Å². The Labute approximate surface area is 151 Å². The number of aryl methyl sites for hydroxylation is 1. The highest BCUT2D eigenvalue weighted by Crippen LogP contribution is 2.36. The molecule has 0 aliphatic heterocycles. The smallest absolute Gasteiger partial charge is 0.223 e. The number of hydrogen-bond donors (Lipinski definition) is 1. The molecule has 1 fully saturated rings. The van der Waals surface area contributed by atoms with Crippen LogP contribution < -0.4 is 5.32 Å². The Morgan fingerprint density at radius 3 is 2.72 bits per heavy atom. The molecule has 25 heavy (non-hydrogen) atoms. The largest absolute Gasteiger partial charge is 0.340 e. The Balaban J connectivity index is 1.62. The molecule has 0 unspecified atom stereocenters. The molecule has 0 amide bonds. The highest BCUT2D eigenvalue weighted by atomic mass is 35.5. The number of rotatable bonds is 4. The van der Waals surface area contributed by atoms with Crippen molar-refractivity contribution < 1.29 is 4.52 Å². The summed E-state index contributed by atoms with van der Waals surface area (Å²) in [4.78, 5) is 9.02. The molecule has 0 atom stereocenters. The molecule has 1 aliphatic carbocycles. The molecule has 0 radical (unpaired) electrons. The predicted octanol–water partition coefficient (Wildman–Crippen LogP) is 4.53. The first-order valence-corrected chi connectivity index (χ1v) is 9.14. The van der Waals surface area contributed by atoms with Gasteiger partial charge >= 0.3 is 0 Å². The van der Waals surface area contributed by atoms with Gasteiger partial charge in [-0.05, 0) is 25.0 Å². The van der Waals surface area contributed by atoms with E-state index in [1.54, 1.807) is 0 Å². The number of benzene rings is 1. The number of fused-ring (bicyclic) bond motifs is 1. The van der Waals surface area contributed by atoms with Gasteiger partial charge in [-0.1, -0.05) is 54.2 Å². The van der Waals surface area contributed by atoms with E-state index in [0.29, 0.717) is 17.6 Å². The summed E-state index contributed by atoms with van der Waals surface area (Å²) in [7, 11) is 0. The topological polar surface area (TPSA) is 63.8 Å². The minimum Gasteiger partial charge on any atom is -0.340 e. The van der Waals surface area contributed by atoms with Gasteiger partial charge in [0.1, 0.15) is 5.15 Å². The molecule has 0 spiro atoms. The van der Waals surface area contributed by atoms with E-state index in [1.165, 1.54) is 6.42 Å². The maximum Gasteiger partial charge on any atom is 0.223 e. The molecule has 1 aliphatic rings. The zero-order valence-electron chi connectivity index (χ0n) is 14.3. The third kappa shape index (κ3) is 3.26. The van der Waals surface area contributed by atoms with Gasteiger partial charge in [0.15, 0.2) is 5.82 Å². The normalized spacial score (nSPS) is 17.0. The molecule has 0 saturated heterocycles. The van der Waals surface area contributed by atoms with Crippen LogP contribution >= 0.6 is 11.6 Å². The van der Waals surface area contributed by atoms with Crippen LogP contribution in [0.5, 0.6) is 0 Å². The van der Waals surface area contributed by atoms with Crippen LogP contribution in [0.3, 0.4) is 0 Å². The van der Waals surface area contributed by atoms with Gasteiger partial charge in [0.05, 0.1) is 11.1 Å². The van der Waals surface area contributed by atoms with Crippen molar-refractivity contribution in [3.63, 3.8) is 0 Å². The zero-order valence-corrected chi connectivity index (χ0v) is 15.0. The molecule has 5 nitrogen and oxygen atoms in total. The number of hydrogen-bond acceptors (Lipinski definition) is 5. The number of nitrogens with one attached hydrogen (secondary N) is 1. The molecular weight excluding hydrogens is 336 g/mol. The Morgan fingerprint density at radius 2 is 1.96 bits per heavy atom. The van der Waals surface area contributed by atoms with Crippen LogP contribution in [-0.2, 0) is 12.1 Å². The number of aromatic nitrogens is 3. The van der Waals surface area contributed by atoms with Gasteiger partial charge in [-0.15, -0.1) is 0 Å². The molecule has 2 heterocycles. The summed E-state index contributed by atoms with van der Waals surface area (Å²) in [5, 5.41) is 9.51. The first kappa shape index (κ1) is 16.5. The fourth-order valence-electron chi connectivity index (χ4n) is 3.65. The van der Waals surface area contributed by atoms with Gasteiger partial charge in [-0.3, -0.25) is 0 Å². The summed E-state index contributed by atoms with van der Waals surface area (Å²) < 4.78 is 5.24.